The van der Waals surface area contributed by atoms with Gasteiger partial charge in [-0.15, -0.1) is 0 Å². The number of aromatic nitrogens is 2. The Labute approximate surface area is 397 Å². The van der Waals surface area contributed by atoms with E-state index in [1.807, 2.05) is 103 Å². The minimum Gasteiger partial charge on any atom is -0.378 e. The normalized spacial score (nSPS) is 21.8. The quantitative estimate of drug-likeness (QED) is 0.136. The van der Waals surface area contributed by atoms with Crippen LogP contribution >= 0.6 is 0 Å². The Morgan fingerprint density at radius 1 is 0.662 bits per heavy atom. The summed E-state index contributed by atoms with van der Waals surface area (Å²) in [6.45, 7) is 6.69. The fourth-order valence-electron chi connectivity index (χ4n) is 9.92. The van der Waals surface area contributed by atoms with E-state index in [0.717, 1.165) is 46.4 Å². The Morgan fingerprint density at radius 2 is 1.28 bits per heavy atom. The molecule has 4 saturated heterocycles. The van der Waals surface area contributed by atoms with Crippen LogP contribution < -0.4 is 16.0 Å². The molecule has 5 aliphatic rings. The van der Waals surface area contributed by atoms with E-state index in [-0.39, 0.29) is 47.8 Å². The van der Waals surface area contributed by atoms with Crippen LogP contribution in [-0.2, 0) is 23.9 Å². The van der Waals surface area contributed by atoms with Gasteiger partial charge in [0, 0.05) is 45.2 Å². The van der Waals surface area contributed by atoms with Crippen LogP contribution in [0.4, 0.5) is 9.59 Å². The number of ether oxygens (including phenoxy) is 2. The van der Waals surface area contributed by atoms with Crippen LogP contribution in [-0.4, -0.2) is 137 Å². The molecule has 6 atom stereocenters. The maximum absolute atomic E-state index is 14.3. The Bertz CT molecular complexity index is 2460. The number of hydrogen-bond donors (Lipinski definition) is 4. The van der Waals surface area contributed by atoms with E-state index in [4.69, 9.17) is 14.5 Å². The van der Waals surface area contributed by atoms with Gasteiger partial charge in [-0.05, 0) is 66.8 Å². The Balaban J connectivity index is 0.814. The minimum absolute atomic E-state index is 0.167. The van der Waals surface area contributed by atoms with Gasteiger partial charge in [-0.1, -0.05) is 103 Å². The SMILES string of the molecule is CC(NC(=O)C1CCCN1C(=O)C(NC(=O)N1CCOCC1)C1C=CC=CC1)c1ccc(-c2ccc(-c3cnc(C4CCCN4C(=O)C(NC(=O)N4CCOCC4)c4ccccc4)[nH]3)cc2)cc1. The molecule has 356 valence electrons. The zero-order chi connectivity index (χ0) is 47.0. The number of H-pyrrole nitrogens is 1. The number of nitrogens with one attached hydrogen (secondary N) is 4. The maximum Gasteiger partial charge on any atom is 0.318 e. The molecule has 7 amide bonds. The molecule has 0 bridgehead atoms. The maximum atomic E-state index is 14.3. The predicted octanol–water partition coefficient (Wildman–Crippen LogP) is 5.90. The van der Waals surface area contributed by atoms with Gasteiger partial charge in [0.2, 0.25) is 17.7 Å². The van der Waals surface area contributed by atoms with E-state index >= 15 is 0 Å². The molecule has 0 spiro atoms. The fourth-order valence-corrected chi connectivity index (χ4v) is 9.92. The second kappa shape index (κ2) is 21.5. The molecule has 6 unspecified atom stereocenters. The molecule has 16 heteroatoms. The van der Waals surface area contributed by atoms with Crippen molar-refractivity contribution in [2.45, 2.75) is 69.2 Å². The molecular formula is C52H61N9O7. The van der Waals surface area contributed by atoms with Crippen molar-refractivity contribution >= 4 is 29.8 Å². The number of nitrogens with zero attached hydrogens (tertiary/aromatic N) is 5. The van der Waals surface area contributed by atoms with Crippen molar-refractivity contribution in [2.24, 2.45) is 5.92 Å². The molecule has 0 radical (unpaired) electrons. The average Bonchev–Trinajstić information content (AvgIpc) is 4.21. The third-order valence-corrected chi connectivity index (χ3v) is 13.8. The second-order valence-corrected chi connectivity index (χ2v) is 18.1. The van der Waals surface area contributed by atoms with Gasteiger partial charge in [-0.25, -0.2) is 14.6 Å². The Morgan fingerprint density at radius 3 is 1.94 bits per heavy atom. The van der Waals surface area contributed by atoms with E-state index in [2.05, 4.69) is 33.1 Å². The third-order valence-electron chi connectivity index (χ3n) is 13.8. The number of carbonyl (C=O) groups excluding carboxylic acids is 5. The Kier molecular flexibility index (Phi) is 14.6. The van der Waals surface area contributed by atoms with Crippen molar-refractivity contribution in [1.29, 1.82) is 0 Å². The van der Waals surface area contributed by atoms with E-state index in [9.17, 15) is 24.0 Å². The lowest BCUT2D eigenvalue weighted by Gasteiger charge is -2.34. The van der Waals surface area contributed by atoms with Crippen molar-refractivity contribution in [1.82, 2.24) is 45.5 Å². The molecule has 0 saturated carbocycles. The summed E-state index contributed by atoms with van der Waals surface area (Å²) in [5.41, 5.74) is 5.49. The molecule has 1 aromatic heterocycles. The molecule has 16 nitrogen and oxygen atoms in total. The highest BCUT2D eigenvalue weighted by atomic mass is 16.5. The summed E-state index contributed by atoms with van der Waals surface area (Å²) in [4.78, 5) is 84.1. The number of aromatic amines is 1. The topological polar surface area (TPSA) is 182 Å². The van der Waals surface area contributed by atoms with Gasteiger partial charge >= 0.3 is 12.1 Å². The van der Waals surface area contributed by atoms with Crippen LogP contribution in [0.1, 0.15) is 74.1 Å². The highest BCUT2D eigenvalue weighted by Crippen LogP contribution is 2.35. The standard InChI is InChI=1S/C52H61N9O7/c1-35(54-48(62)44-15-9-25-61(44)50(64)46(41-12-6-3-7-13-41)57-52(66)59-28-32-68-33-29-59)36-16-18-37(19-17-36)38-20-22-39(23-21-38)42-34-53-47(55-42)43-14-8-24-60(43)49(63)45(40-10-4-2-5-11-40)56-51(65)58-26-30-67-31-27-58/h2-7,10-12,16-23,34-35,41,43-46H,8-9,13-15,24-33H2,1H3,(H,53,55)(H,54,62)(H,56,65)(H,57,66). The summed E-state index contributed by atoms with van der Waals surface area (Å²) >= 11 is 0. The number of amides is 7. The molecule has 4 N–H and O–H groups in total. The number of imidazole rings is 1. The van der Waals surface area contributed by atoms with E-state index in [1.54, 1.807) is 20.9 Å². The average molecular weight is 924 g/mol. The zero-order valence-corrected chi connectivity index (χ0v) is 38.6. The first-order valence-electron chi connectivity index (χ1n) is 24.0. The van der Waals surface area contributed by atoms with Crippen LogP contribution in [0.2, 0.25) is 0 Å². The van der Waals surface area contributed by atoms with Crippen LogP contribution in [0.5, 0.6) is 0 Å². The first-order chi connectivity index (χ1) is 33.2. The van der Waals surface area contributed by atoms with Crippen LogP contribution in [0.3, 0.4) is 0 Å². The molecule has 3 aromatic carbocycles. The second-order valence-electron chi connectivity index (χ2n) is 18.1. The number of rotatable bonds is 12. The number of benzene rings is 3. The highest BCUT2D eigenvalue weighted by Gasteiger charge is 2.41. The molecule has 4 aromatic rings. The fraction of sp³-hybridized carbons (Fsp3) is 0.423. The van der Waals surface area contributed by atoms with Crippen LogP contribution in [0.15, 0.2) is 109 Å². The molecule has 5 heterocycles. The third kappa shape index (κ3) is 10.5. The van der Waals surface area contributed by atoms with Crippen molar-refractivity contribution in [3.63, 3.8) is 0 Å². The lowest BCUT2D eigenvalue weighted by Crippen LogP contribution is -2.58. The largest absolute Gasteiger partial charge is 0.378 e. The minimum atomic E-state index is -0.839. The lowest BCUT2D eigenvalue weighted by atomic mass is 9.91. The number of carbonyl (C=O) groups is 5. The first kappa shape index (κ1) is 46.3. The van der Waals surface area contributed by atoms with Gasteiger partial charge in [0.15, 0.2) is 0 Å². The van der Waals surface area contributed by atoms with Gasteiger partial charge in [0.25, 0.3) is 0 Å². The van der Waals surface area contributed by atoms with Gasteiger partial charge in [-0.2, -0.15) is 0 Å². The first-order valence-corrected chi connectivity index (χ1v) is 24.0. The number of hydrogen-bond acceptors (Lipinski definition) is 8. The van der Waals surface area contributed by atoms with E-state index in [1.165, 1.54) is 0 Å². The molecule has 68 heavy (non-hydrogen) atoms. The number of allylic oxidation sites excluding steroid dienone is 3. The summed E-state index contributed by atoms with van der Waals surface area (Å²) in [7, 11) is 0. The zero-order valence-electron chi connectivity index (χ0n) is 38.6. The number of morpholine rings is 2. The van der Waals surface area contributed by atoms with Gasteiger partial charge < -0.3 is 50.0 Å². The molecule has 1 aliphatic carbocycles. The lowest BCUT2D eigenvalue weighted by molar-refractivity contribution is -0.140. The van der Waals surface area contributed by atoms with E-state index in [0.29, 0.717) is 90.8 Å². The summed E-state index contributed by atoms with van der Waals surface area (Å²) in [6, 6.07) is 22.3. The Hall–Kier alpha value is -6.78. The molecular weight excluding hydrogens is 863 g/mol. The monoisotopic (exact) mass is 923 g/mol. The highest BCUT2D eigenvalue weighted by molar-refractivity contribution is 5.93. The molecule has 4 fully saturated rings. The van der Waals surface area contributed by atoms with Crippen LogP contribution in [0, 0.1) is 5.92 Å². The molecule has 4 aliphatic heterocycles. The number of likely N-dealkylation sites (tertiary alicyclic amines) is 2. The number of urea groups is 2. The molecule has 9 rings (SSSR count). The van der Waals surface area contributed by atoms with Gasteiger partial charge in [0.1, 0.15) is 23.9 Å². The van der Waals surface area contributed by atoms with Gasteiger partial charge in [0.05, 0.1) is 50.4 Å². The summed E-state index contributed by atoms with van der Waals surface area (Å²) < 4.78 is 10.8. The smallest absolute Gasteiger partial charge is 0.318 e. The van der Waals surface area contributed by atoms with Crippen molar-refractivity contribution in [3.05, 3.63) is 126 Å². The van der Waals surface area contributed by atoms with Crippen LogP contribution in [0.25, 0.3) is 22.4 Å². The summed E-state index contributed by atoms with van der Waals surface area (Å²) in [6.07, 6.45) is 13.0. The van der Waals surface area contributed by atoms with Crippen molar-refractivity contribution < 1.29 is 33.4 Å². The summed E-state index contributed by atoms with van der Waals surface area (Å²) in [5.74, 6) is -0.127. The van der Waals surface area contributed by atoms with Gasteiger partial charge in [-0.3, -0.25) is 14.4 Å². The predicted molar refractivity (Wildman–Crippen MR) is 256 cm³/mol. The van der Waals surface area contributed by atoms with Crippen molar-refractivity contribution in [3.8, 4) is 22.4 Å². The summed E-state index contributed by atoms with van der Waals surface area (Å²) in [5, 5.41) is 9.20. The van der Waals surface area contributed by atoms with E-state index < -0.39 is 18.1 Å². The van der Waals surface area contributed by atoms with Crippen molar-refractivity contribution in [2.75, 3.05) is 65.7 Å².